The lowest BCUT2D eigenvalue weighted by molar-refractivity contribution is -0.384. The number of thiazole rings is 1. The van der Waals surface area contributed by atoms with Crippen LogP contribution in [-0.2, 0) is 9.53 Å². The molecule has 4 aromatic rings. The summed E-state index contributed by atoms with van der Waals surface area (Å²) in [6.45, 7) is 3.57. The number of esters is 1. The quantitative estimate of drug-likeness (QED) is 0.177. The number of furan rings is 1. The first-order chi connectivity index (χ1) is 19.2. The maximum atomic E-state index is 13.8. The number of ether oxygens (including phenoxy) is 2. The van der Waals surface area contributed by atoms with Crippen LogP contribution < -0.4 is 19.6 Å². The highest BCUT2D eigenvalue weighted by molar-refractivity contribution is 7.07. The Morgan fingerprint density at radius 2 is 2.02 bits per heavy atom. The SMILES string of the molecule is CCOC(=O)C1=C(C)N=c2s/c(=C\c3ccc(-c4cc([N+](=O)[O-])ccc4Cl)o3)c(=O)n2[C@H]1c1ccccc1OC. The van der Waals surface area contributed by atoms with Gasteiger partial charge in [0.15, 0.2) is 4.80 Å². The van der Waals surface area contributed by atoms with Crippen LogP contribution >= 0.6 is 22.9 Å². The Bertz CT molecular complexity index is 1870. The summed E-state index contributed by atoms with van der Waals surface area (Å²) >= 11 is 7.40. The molecule has 0 spiro atoms. The van der Waals surface area contributed by atoms with Crippen LogP contribution in [0.25, 0.3) is 17.4 Å². The van der Waals surface area contributed by atoms with Crippen LogP contribution in [0, 0.1) is 10.1 Å². The van der Waals surface area contributed by atoms with E-state index in [1.807, 2.05) is 0 Å². The van der Waals surface area contributed by atoms with Gasteiger partial charge in [-0.3, -0.25) is 19.5 Å². The molecule has 12 heteroatoms. The van der Waals surface area contributed by atoms with E-state index in [1.54, 1.807) is 56.3 Å². The van der Waals surface area contributed by atoms with Crippen LogP contribution in [0.4, 0.5) is 5.69 Å². The van der Waals surface area contributed by atoms with Gasteiger partial charge >= 0.3 is 5.97 Å². The summed E-state index contributed by atoms with van der Waals surface area (Å²) in [4.78, 5) is 42.5. The number of rotatable bonds is 7. The molecule has 0 amide bonds. The number of carbonyl (C=O) groups excluding carboxylic acids is 1. The second-order valence-electron chi connectivity index (χ2n) is 8.67. The number of aromatic nitrogens is 1. The maximum Gasteiger partial charge on any atom is 0.338 e. The van der Waals surface area contributed by atoms with Gasteiger partial charge in [0, 0.05) is 29.3 Å². The molecular weight excluding hydrogens is 558 g/mol. The fourth-order valence-corrected chi connectivity index (χ4v) is 5.74. The van der Waals surface area contributed by atoms with Crippen molar-refractivity contribution < 1.29 is 23.6 Å². The Morgan fingerprint density at radius 1 is 1.25 bits per heavy atom. The van der Waals surface area contributed by atoms with Gasteiger partial charge in [0.05, 0.1) is 39.5 Å². The third kappa shape index (κ3) is 4.85. The van der Waals surface area contributed by atoms with Crippen molar-refractivity contribution in [1.29, 1.82) is 0 Å². The number of para-hydroxylation sites is 1. The second kappa shape index (κ2) is 10.9. The van der Waals surface area contributed by atoms with Gasteiger partial charge in [-0.2, -0.15) is 0 Å². The van der Waals surface area contributed by atoms with Crippen LogP contribution in [-0.4, -0.2) is 29.2 Å². The molecule has 204 valence electrons. The van der Waals surface area contributed by atoms with Crippen molar-refractivity contribution in [2.45, 2.75) is 19.9 Å². The maximum absolute atomic E-state index is 13.8. The summed E-state index contributed by atoms with van der Waals surface area (Å²) in [7, 11) is 1.52. The summed E-state index contributed by atoms with van der Waals surface area (Å²) in [6.07, 6.45) is 1.56. The lowest BCUT2D eigenvalue weighted by Crippen LogP contribution is -2.40. The molecule has 5 rings (SSSR count). The number of benzene rings is 2. The molecule has 1 aliphatic rings. The van der Waals surface area contributed by atoms with Crippen molar-refractivity contribution in [3.05, 3.63) is 112 Å². The van der Waals surface area contributed by atoms with Crippen molar-refractivity contribution in [2.75, 3.05) is 13.7 Å². The Labute approximate surface area is 236 Å². The zero-order chi connectivity index (χ0) is 28.6. The van der Waals surface area contributed by atoms with Crippen LogP contribution in [0.5, 0.6) is 5.75 Å². The smallest absolute Gasteiger partial charge is 0.338 e. The molecule has 1 atom stereocenters. The fraction of sp³-hybridized carbons (Fsp3) is 0.179. The minimum Gasteiger partial charge on any atom is -0.496 e. The van der Waals surface area contributed by atoms with Crippen LogP contribution in [0.3, 0.4) is 0 Å². The molecule has 2 aromatic heterocycles. The van der Waals surface area contributed by atoms with Crippen molar-refractivity contribution in [3.63, 3.8) is 0 Å². The molecule has 0 fully saturated rings. The average molecular weight is 580 g/mol. The Morgan fingerprint density at radius 3 is 2.75 bits per heavy atom. The van der Waals surface area contributed by atoms with E-state index >= 15 is 0 Å². The molecule has 0 N–H and O–H groups in total. The molecule has 0 unspecified atom stereocenters. The van der Waals surface area contributed by atoms with Gasteiger partial charge in [0.2, 0.25) is 0 Å². The lowest BCUT2D eigenvalue weighted by Gasteiger charge is -2.25. The van der Waals surface area contributed by atoms with Crippen molar-refractivity contribution >= 4 is 40.7 Å². The lowest BCUT2D eigenvalue weighted by atomic mass is 9.95. The number of nitro benzene ring substituents is 1. The molecule has 0 radical (unpaired) electrons. The molecule has 10 nitrogen and oxygen atoms in total. The molecule has 0 aliphatic carbocycles. The van der Waals surface area contributed by atoms with Gasteiger partial charge in [-0.15, -0.1) is 0 Å². The van der Waals surface area contributed by atoms with E-state index in [0.717, 1.165) is 11.3 Å². The highest BCUT2D eigenvalue weighted by atomic mass is 35.5. The van der Waals surface area contributed by atoms with Crippen LogP contribution in [0.2, 0.25) is 5.02 Å². The van der Waals surface area contributed by atoms with E-state index in [0.29, 0.717) is 43.4 Å². The minimum absolute atomic E-state index is 0.130. The normalized spacial score (nSPS) is 15.0. The predicted molar refractivity (Wildman–Crippen MR) is 149 cm³/mol. The first-order valence-electron chi connectivity index (χ1n) is 12.1. The van der Waals surface area contributed by atoms with Gasteiger partial charge < -0.3 is 13.9 Å². The molecule has 2 aromatic carbocycles. The van der Waals surface area contributed by atoms with Crippen molar-refractivity contribution in [1.82, 2.24) is 4.57 Å². The van der Waals surface area contributed by atoms with Gasteiger partial charge in [-0.05, 0) is 38.1 Å². The van der Waals surface area contributed by atoms with Crippen molar-refractivity contribution in [2.24, 2.45) is 4.99 Å². The largest absolute Gasteiger partial charge is 0.496 e. The number of allylic oxidation sites excluding steroid dienone is 1. The van der Waals surface area contributed by atoms with Crippen LogP contribution in [0.15, 0.2) is 80.1 Å². The molecular formula is C28H22ClN3O7S. The summed E-state index contributed by atoms with van der Waals surface area (Å²) in [5.74, 6) is 0.569. The number of nitrogens with zero attached hydrogens (tertiary/aromatic N) is 3. The summed E-state index contributed by atoms with van der Waals surface area (Å²) in [6, 6.07) is 13.6. The topological polar surface area (TPSA) is 126 Å². The molecule has 40 heavy (non-hydrogen) atoms. The van der Waals surface area contributed by atoms with E-state index in [2.05, 4.69) is 4.99 Å². The standard InChI is InChI=1S/C28H22ClN3O7S/c1-4-38-27(34)24-15(2)30-28-31(25(24)18-7-5-6-8-21(18)37-3)26(33)23(40-28)14-17-10-12-22(39-17)19-13-16(32(35)36)9-11-20(19)29/h5-14,25H,4H2,1-3H3/b23-14-/t25-/m0/s1. The fourth-order valence-electron chi connectivity index (χ4n) is 4.50. The number of non-ortho nitro benzene ring substituents is 1. The van der Waals surface area contributed by atoms with Gasteiger partial charge in [0.25, 0.3) is 11.2 Å². The number of hydrogen-bond donors (Lipinski definition) is 0. The molecule has 0 bridgehead atoms. The Balaban J connectivity index is 1.65. The van der Waals surface area contributed by atoms with E-state index < -0.39 is 16.9 Å². The van der Waals surface area contributed by atoms with E-state index in [-0.39, 0.29) is 28.4 Å². The molecule has 0 saturated heterocycles. The van der Waals surface area contributed by atoms with Crippen LogP contribution in [0.1, 0.15) is 31.2 Å². The molecule has 3 heterocycles. The zero-order valence-corrected chi connectivity index (χ0v) is 23.1. The van der Waals surface area contributed by atoms with Gasteiger partial charge in [-0.25, -0.2) is 9.79 Å². The summed E-state index contributed by atoms with van der Waals surface area (Å²) < 4.78 is 18.5. The summed E-state index contributed by atoms with van der Waals surface area (Å²) in [5, 5.41) is 11.5. The average Bonchev–Trinajstić information content (AvgIpc) is 3.52. The first kappa shape index (κ1) is 27.1. The Hall–Kier alpha value is -4.48. The first-order valence-corrected chi connectivity index (χ1v) is 13.3. The predicted octanol–water partition coefficient (Wildman–Crippen LogP) is 4.63. The highest BCUT2D eigenvalue weighted by Gasteiger charge is 2.35. The van der Waals surface area contributed by atoms with E-state index in [9.17, 15) is 19.7 Å². The number of halogens is 1. The van der Waals surface area contributed by atoms with E-state index in [4.69, 9.17) is 25.5 Å². The number of methoxy groups -OCH3 is 1. The third-order valence-corrected chi connectivity index (χ3v) is 7.59. The van der Waals surface area contributed by atoms with E-state index in [1.165, 1.54) is 29.9 Å². The second-order valence-corrected chi connectivity index (χ2v) is 10.1. The molecule has 1 aliphatic heterocycles. The van der Waals surface area contributed by atoms with Crippen molar-refractivity contribution in [3.8, 4) is 17.1 Å². The number of fused-ring (bicyclic) bond motifs is 1. The van der Waals surface area contributed by atoms with Gasteiger partial charge in [-0.1, -0.05) is 41.1 Å². The van der Waals surface area contributed by atoms with Gasteiger partial charge in [0.1, 0.15) is 23.3 Å². The number of hydrogen-bond acceptors (Lipinski definition) is 9. The minimum atomic E-state index is -0.829. The molecule has 0 saturated carbocycles. The Kier molecular flexibility index (Phi) is 7.42. The zero-order valence-electron chi connectivity index (χ0n) is 21.5. The third-order valence-electron chi connectivity index (χ3n) is 6.28. The highest BCUT2D eigenvalue weighted by Crippen LogP contribution is 2.36. The summed E-state index contributed by atoms with van der Waals surface area (Å²) in [5.41, 5.74) is 1.11. The number of carbonyl (C=O) groups is 1. The number of nitro groups is 1. The monoisotopic (exact) mass is 579 g/mol.